The summed E-state index contributed by atoms with van der Waals surface area (Å²) < 4.78 is 27.6. The van der Waals surface area contributed by atoms with Crippen molar-refractivity contribution in [3.63, 3.8) is 0 Å². The number of piperidine rings is 1. The van der Waals surface area contributed by atoms with Gasteiger partial charge >= 0.3 is 0 Å². The van der Waals surface area contributed by atoms with Gasteiger partial charge in [0.15, 0.2) is 0 Å². The topological polar surface area (TPSA) is 92.3 Å². The molecule has 3 aromatic rings. The van der Waals surface area contributed by atoms with Crippen molar-refractivity contribution in [2.45, 2.75) is 30.6 Å². The van der Waals surface area contributed by atoms with Gasteiger partial charge in [0.25, 0.3) is 5.91 Å². The number of hydrogen-bond donors (Lipinski definition) is 1. The number of nitrogens with zero attached hydrogens (tertiary/aromatic N) is 3. The van der Waals surface area contributed by atoms with Crippen molar-refractivity contribution in [3.8, 4) is 0 Å². The summed E-state index contributed by atoms with van der Waals surface area (Å²) in [7, 11) is -3.57. The van der Waals surface area contributed by atoms with E-state index in [2.05, 4.69) is 15.5 Å². The van der Waals surface area contributed by atoms with Crippen LogP contribution in [0.4, 0.5) is 5.69 Å². The zero-order chi connectivity index (χ0) is 21.1. The van der Waals surface area contributed by atoms with Crippen molar-refractivity contribution in [2.24, 2.45) is 0 Å². The van der Waals surface area contributed by atoms with Crippen LogP contribution in [0.25, 0.3) is 0 Å². The summed E-state index contributed by atoms with van der Waals surface area (Å²) in [5.41, 5.74) is 1.59. The molecule has 1 unspecified atom stereocenters. The normalized spacial score (nSPS) is 17.6. The molecule has 0 saturated carbocycles. The molecule has 7 nitrogen and oxygen atoms in total. The van der Waals surface area contributed by atoms with Gasteiger partial charge in [-0.1, -0.05) is 41.7 Å². The molecule has 2 heterocycles. The van der Waals surface area contributed by atoms with Gasteiger partial charge in [-0.3, -0.25) is 4.79 Å². The molecule has 30 heavy (non-hydrogen) atoms. The summed E-state index contributed by atoms with van der Waals surface area (Å²) >= 11 is 1.22. The number of carbonyl (C=O) groups excluding carboxylic acids is 1. The van der Waals surface area contributed by atoms with Crippen LogP contribution in [-0.2, 0) is 10.0 Å². The van der Waals surface area contributed by atoms with E-state index in [1.54, 1.807) is 30.3 Å². The quantitative estimate of drug-likeness (QED) is 0.651. The number of para-hydroxylation sites is 1. The number of carbonyl (C=O) groups is 1. The average Bonchev–Trinajstić information content (AvgIpc) is 3.25. The first-order valence-electron chi connectivity index (χ1n) is 9.70. The minimum absolute atomic E-state index is 0.0749. The Balaban J connectivity index is 1.48. The molecule has 0 radical (unpaired) electrons. The summed E-state index contributed by atoms with van der Waals surface area (Å²) in [6.07, 6.45) is 1.55. The number of hydrogen-bond acceptors (Lipinski definition) is 6. The molecule has 0 spiro atoms. The Kier molecular flexibility index (Phi) is 5.94. The molecule has 1 aliphatic heterocycles. The Morgan fingerprint density at radius 3 is 2.70 bits per heavy atom. The lowest BCUT2D eigenvalue weighted by Crippen LogP contribution is -2.39. The van der Waals surface area contributed by atoms with Crippen molar-refractivity contribution in [1.82, 2.24) is 14.5 Å². The van der Waals surface area contributed by atoms with Gasteiger partial charge in [0.05, 0.1) is 4.90 Å². The highest BCUT2D eigenvalue weighted by atomic mass is 32.2. The fraction of sp³-hybridized carbons (Fsp3) is 0.286. The number of aromatic nitrogens is 2. The molecule has 1 aromatic heterocycles. The van der Waals surface area contributed by atoms with Gasteiger partial charge in [0.2, 0.25) is 15.0 Å². The number of rotatable bonds is 5. The van der Waals surface area contributed by atoms with Crippen molar-refractivity contribution in [1.29, 1.82) is 0 Å². The number of anilines is 1. The van der Waals surface area contributed by atoms with Gasteiger partial charge in [-0.25, -0.2) is 8.42 Å². The fourth-order valence-electron chi connectivity index (χ4n) is 3.48. The third-order valence-corrected chi connectivity index (χ3v) is 7.97. The second kappa shape index (κ2) is 8.63. The summed E-state index contributed by atoms with van der Waals surface area (Å²) in [6, 6.07) is 16.1. The molecule has 1 amide bonds. The Labute approximate surface area is 179 Å². The van der Waals surface area contributed by atoms with E-state index in [9.17, 15) is 13.2 Å². The smallest absolute Gasteiger partial charge is 0.286 e. The van der Waals surface area contributed by atoms with E-state index >= 15 is 0 Å². The van der Waals surface area contributed by atoms with Crippen LogP contribution >= 0.6 is 11.3 Å². The maximum absolute atomic E-state index is 13.1. The molecule has 1 N–H and O–H groups in total. The molecule has 9 heteroatoms. The highest BCUT2D eigenvalue weighted by Gasteiger charge is 2.32. The maximum Gasteiger partial charge on any atom is 0.286 e. The van der Waals surface area contributed by atoms with Crippen LogP contribution in [0.15, 0.2) is 59.5 Å². The lowest BCUT2D eigenvalue weighted by Gasteiger charge is -2.30. The number of nitrogens with one attached hydrogen (secondary N) is 1. The Hall–Kier alpha value is -2.62. The molecule has 0 bridgehead atoms. The third kappa shape index (κ3) is 4.43. The number of benzene rings is 2. The van der Waals surface area contributed by atoms with E-state index in [1.165, 1.54) is 15.6 Å². The van der Waals surface area contributed by atoms with Crippen molar-refractivity contribution >= 4 is 33.0 Å². The van der Waals surface area contributed by atoms with E-state index < -0.39 is 10.0 Å². The standard InChI is InChI=1S/C21H22N4O3S2/c1-15-7-5-11-18(13-15)30(27,28)25-12-6-8-16(14-25)20-23-24-21(29-20)19(26)22-17-9-3-2-4-10-17/h2-5,7,9-11,13,16H,6,8,12,14H2,1H3,(H,22,26). The molecule has 1 atom stereocenters. The number of sulfonamides is 1. The Morgan fingerprint density at radius 2 is 1.93 bits per heavy atom. The average molecular weight is 443 g/mol. The van der Waals surface area contributed by atoms with Crippen LogP contribution in [0.1, 0.15) is 39.1 Å². The maximum atomic E-state index is 13.1. The summed E-state index contributed by atoms with van der Waals surface area (Å²) in [5.74, 6) is -0.390. The first kappa shape index (κ1) is 20.6. The Morgan fingerprint density at radius 1 is 1.13 bits per heavy atom. The van der Waals surface area contributed by atoms with E-state index in [1.807, 2.05) is 31.2 Å². The molecule has 4 rings (SSSR count). The largest absolute Gasteiger partial charge is 0.320 e. The lowest BCUT2D eigenvalue weighted by molar-refractivity contribution is 0.102. The first-order valence-corrected chi connectivity index (χ1v) is 12.0. The second-order valence-corrected chi connectivity index (χ2v) is 10.2. The summed E-state index contributed by atoms with van der Waals surface area (Å²) in [5, 5.41) is 12.0. The fourth-order valence-corrected chi connectivity index (χ4v) is 5.98. The molecule has 1 saturated heterocycles. The van der Waals surface area contributed by atoms with E-state index in [0.29, 0.717) is 28.7 Å². The van der Waals surface area contributed by atoms with Gasteiger partial charge < -0.3 is 5.32 Å². The van der Waals surface area contributed by atoms with Gasteiger partial charge in [-0.2, -0.15) is 4.31 Å². The zero-order valence-corrected chi connectivity index (χ0v) is 18.1. The van der Waals surface area contributed by atoms with Crippen LogP contribution in [0.5, 0.6) is 0 Å². The van der Waals surface area contributed by atoms with E-state index in [-0.39, 0.29) is 16.8 Å². The molecular formula is C21H22N4O3S2. The van der Waals surface area contributed by atoms with Crippen LogP contribution in [0.2, 0.25) is 0 Å². The van der Waals surface area contributed by atoms with E-state index in [0.717, 1.165) is 18.4 Å². The van der Waals surface area contributed by atoms with Gasteiger partial charge in [0.1, 0.15) is 5.01 Å². The van der Waals surface area contributed by atoms with Gasteiger partial charge in [0, 0.05) is 24.7 Å². The number of amides is 1. The van der Waals surface area contributed by atoms with Gasteiger partial charge in [-0.15, -0.1) is 10.2 Å². The predicted octanol–water partition coefficient (Wildman–Crippen LogP) is 3.67. The molecule has 1 fully saturated rings. The van der Waals surface area contributed by atoms with Crippen molar-refractivity contribution in [2.75, 3.05) is 18.4 Å². The van der Waals surface area contributed by atoms with Crippen LogP contribution < -0.4 is 5.32 Å². The SMILES string of the molecule is Cc1cccc(S(=O)(=O)N2CCCC(c3nnc(C(=O)Nc4ccccc4)s3)C2)c1. The van der Waals surface area contributed by atoms with Crippen molar-refractivity contribution in [3.05, 3.63) is 70.2 Å². The minimum atomic E-state index is -3.57. The Bertz CT molecular complexity index is 1150. The molecule has 156 valence electrons. The molecule has 2 aromatic carbocycles. The highest BCUT2D eigenvalue weighted by molar-refractivity contribution is 7.89. The first-order chi connectivity index (χ1) is 14.4. The van der Waals surface area contributed by atoms with Crippen LogP contribution in [0, 0.1) is 6.92 Å². The third-order valence-electron chi connectivity index (χ3n) is 5.03. The predicted molar refractivity (Wildman–Crippen MR) is 116 cm³/mol. The molecular weight excluding hydrogens is 420 g/mol. The summed E-state index contributed by atoms with van der Waals surface area (Å²) in [4.78, 5) is 12.7. The highest BCUT2D eigenvalue weighted by Crippen LogP contribution is 2.32. The lowest BCUT2D eigenvalue weighted by atomic mass is 10.0. The van der Waals surface area contributed by atoms with Crippen LogP contribution in [-0.4, -0.2) is 41.9 Å². The molecule has 0 aliphatic carbocycles. The van der Waals surface area contributed by atoms with Gasteiger partial charge in [-0.05, 0) is 49.6 Å². The van der Waals surface area contributed by atoms with Crippen LogP contribution in [0.3, 0.4) is 0 Å². The van der Waals surface area contributed by atoms with Crippen molar-refractivity contribution < 1.29 is 13.2 Å². The van der Waals surface area contributed by atoms with E-state index in [4.69, 9.17) is 0 Å². The second-order valence-electron chi connectivity index (χ2n) is 7.28. The zero-order valence-electron chi connectivity index (χ0n) is 16.5. The molecule has 1 aliphatic rings. The minimum Gasteiger partial charge on any atom is -0.320 e. The number of aryl methyl sites for hydroxylation is 1. The monoisotopic (exact) mass is 442 g/mol. The summed E-state index contributed by atoms with van der Waals surface area (Å²) in [6.45, 7) is 2.69.